The van der Waals surface area contributed by atoms with E-state index in [-0.39, 0.29) is 12.5 Å². The summed E-state index contributed by atoms with van der Waals surface area (Å²) < 4.78 is 1.64. The highest BCUT2D eigenvalue weighted by atomic mass is 32.2. The molecule has 1 fully saturated rings. The highest BCUT2D eigenvalue weighted by Gasteiger charge is 2.18. The molecule has 0 spiro atoms. The van der Waals surface area contributed by atoms with Crippen LogP contribution in [0.25, 0.3) is 11.0 Å². The van der Waals surface area contributed by atoms with E-state index in [1.165, 1.54) is 25.7 Å². The maximum atomic E-state index is 12.5. The number of thioether (sulfide) groups is 1. The van der Waals surface area contributed by atoms with Gasteiger partial charge in [-0.2, -0.15) is 5.10 Å². The Morgan fingerprint density at radius 3 is 2.79 bits per heavy atom. The molecule has 1 saturated heterocycles. The first-order valence-corrected chi connectivity index (χ1v) is 10.8. The minimum atomic E-state index is -0.127. The normalized spacial score (nSPS) is 14.8. The monoisotopic (exact) mass is 396 g/mol. The molecule has 0 bridgehead atoms. The number of benzene rings is 1. The molecule has 1 aliphatic rings. The zero-order valence-corrected chi connectivity index (χ0v) is 16.8. The van der Waals surface area contributed by atoms with E-state index >= 15 is 0 Å². The Bertz CT molecular complexity index is 964. The molecule has 4 rings (SSSR count). The van der Waals surface area contributed by atoms with E-state index in [1.807, 2.05) is 30.5 Å². The van der Waals surface area contributed by atoms with Gasteiger partial charge in [0.15, 0.2) is 5.65 Å². The Kier molecular flexibility index (Phi) is 5.76. The van der Waals surface area contributed by atoms with Crippen LogP contribution in [-0.4, -0.2) is 45.0 Å². The highest BCUT2D eigenvalue weighted by Crippen LogP contribution is 2.25. The van der Waals surface area contributed by atoms with Crippen molar-refractivity contribution in [2.45, 2.75) is 37.1 Å². The van der Waals surface area contributed by atoms with Crippen molar-refractivity contribution in [1.82, 2.24) is 19.7 Å². The summed E-state index contributed by atoms with van der Waals surface area (Å²) in [6, 6.07) is 7.80. The molecule has 0 aliphatic carbocycles. The van der Waals surface area contributed by atoms with E-state index in [4.69, 9.17) is 0 Å². The summed E-state index contributed by atoms with van der Waals surface area (Å²) in [5.41, 5.74) is 1.48. The summed E-state index contributed by atoms with van der Waals surface area (Å²) in [5.74, 6) is 0.796. The van der Waals surface area contributed by atoms with Gasteiger partial charge in [-0.1, -0.05) is 18.9 Å². The lowest BCUT2D eigenvalue weighted by atomic mass is 10.2. The number of hydrogen-bond acceptors (Lipinski definition) is 6. The predicted molar refractivity (Wildman–Crippen MR) is 113 cm³/mol. The van der Waals surface area contributed by atoms with Crippen molar-refractivity contribution in [3.63, 3.8) is 0 Å². The van der Waals surface area contributed by atoms with Gasteiger partial charge in [-0.05, 0) is 37.3 Å². The van der Waals surface area contributed by atoms with Gasteiger partial charge < -0.3 is 10.2 Å². The molecule has 146 valence electrons. The lowest BCUT2D eigenvalue weighted by Gasteiger charge is -2.21. The summed E-state index contributed by atoms with van der Waals surface area (Å²) in [6.45, 7) is 2.12. The fraction of sp³-hybridized carbons (Fsp3) is 0.400. The average Bonchev–Trinajstić information content (AvgIpc) is 2.93. The summed E-state index contributed by atoms with van der Waals surface area (Å²) in [6.07, 6.45) is 10.2. The number of anilines is 2. The maximum absolute atomic E-state index is 12.5. The second-order valence-electron chi connectivity index (χ2n) is 6.92. The fourth-order valence-corrected chi connectivity index (χ4v) is 4.03. The van der Waals surface area contributed by atoms with Gasteiger partial charge in [-0.15, -0.1) is 11.8 Å². The Morgan fingerprint density at radius 1 is 1.18 bits per heavy atom. The van der Waals surface area contributed by atoms with Gasteiger partial charge in [-0.3, -0.25) is 4.79 Å². The van der Waals surface area contributed by atoms with Gasteiger partial charge in [-0.25, -0.2) is 14.6 Å². The molecule has 0 radical (unpaired) electrons. The summed E-state index contributed by atoms with van der Waals surface area (Å²) in [4.78, 5) is 24.8. The minimum Gasteiger partial charge on any atom is -0.356 e. The lowest BCUT2D eigenvalue weighted by molar-refractivity contribution is -0.116. The van der Waals surface area contributed by atoms with Crippen LogP contribution in [0.4, 0.5) is 11.5 Å². The highest BCUT2D eigenvalue weighted by molar-refractivity contribution is 7.98. The standard InChI is InChI=1S/C20H24N6OS/c1-28-16-8-6-7-15(11-16)24-18(27)13-26-20-17(12-23-26)19(21-14-22-20)25-9-4-2-3-5-10-25/h6-8,11-12,14H,2-5,9-10,13H2,1H3,(H,24,27). The van der Waals surface area contributed by atoms with E-state index in [2.05, 4.69) is 25.3 Å². The zero-order chi connectivity index (χ0) is 19.3. The molecule has 1 N–H and O–H groups in total. The van der Waals surface area contributed by atoms with Crippen molar-refractivity contribution in [3.8, 4) is 0 Å². The van der Waals surface area contributed by atoms with Gasteiger partial charge in [0.2, 0.25) is 5.91 Å². The first-order valence-electron chi connectivity index (χ1n) is 9.60. The van der Waals surface area contributed by atoms with Crippen LogP contribution in [0.1, 0.15) is 25.7 Å². The van der Waals surface area contributed by atoms with Crippen LogP contribution >= 0.6 is 11.8 Å². The first-order chi connectivity index (χ1) is 13.7. The third-order valence-corrected chi connectivity index (χ3v) is 5.69. The van der Waals surface area contributed by atoms with E-state index in [0.29, 0.717) is 5.65 Å². The van der Waals surface area contributed by atoms with Gasteiger partial charge in [0, 0.05) is 23.7 Å². The number of carbonyl (C=O) groups excluding carboxylic acids is 1. The summed E-state index contributed by atoms with van der Waals surface area (Å²) >= 11 is 1.64. The molecule has 3 aromatic rings. The predicted octanol–water partition coefficient (Wildman–Crippen LogP) is 3.57. The number of hydrogen-bond donors (Lipinski definition) is 1. The van der Waals surface area contributed by atoms with Crippen LogP contribution < -0.4 is 10.2 Å². The molecule has 1 amide bonds. The van der Waals surface area contributed by atoms with Crippen molar-refractivity contribution in [3.05, 3.63) is 36.8 Å². The fourth-order valence-electron chi connectivity index (χ4n) is 3.57. The molecule has 8 heteroatoms. The van der Waals surface area contributed by atoms with Crippen molar-refractivity contribution < 1.29 is 4.79 Å². The molecule has 2 aromatic heterocycles. The zero-order valence-electron chi connectivity index (χ0n) is 16.0. The molecule has 0 atom stereocenters. The van der Waals surface area contributed by atoms with Gasteiger partial charge >= 0.3 is 0 Å². The third kappa shape index (κ3) is 4.11. The number of aromatic nitrogens is 4. The first kappa shape index (κ1) is 18.7. The summed E-state index contributed by atoms with van der Waals surface area (Å²) in [7, 11) is 0. The van der Waals surface area contributed by atoms with Crippen LogP contribution in [0.15, 0.2) is 41.7 Å². The Hall–Kier alpha value is -2.61. The van der Waals surface area contributed by atoms with Crippen LogP contribution in [0.2, 0.25) is 0 Å². The molecule has 7 nitrogen and oxygen atoms in total. The molecule has 0 unspecified atom stereocenters. The quantitative estimate of drug-likeness (QED) is 0.665. The van der Waals surface area contributed by atoms with Crippen molar-refractivity contribution >= 4 is 40.2 Å². The second kappa shape index (κ2) is 8.60. The van der Waals surface area contributed by atoms with E-state index in [1.54, 1.807) is 29.0 Å². The number of nitrogens with zero attached hydrogens (tertiary/aromatic N) is 5. The van der Waals surface area contributed by atoms with E-state index < -0.39 is 0 Å². The van der Waals surface area contributed by atoms with Gasteiger partial charge in [0.1, 0.15) is 18.7 Å². The van der Waals surface area contributed by atoms with Crippen LogP contribution in [0.3, 0.4) is 0 Å². The second-order valence-corrected chi connectivity index (χ2v) is 7.80. The molecular weight excluding hydrogens is 372 g/mol. The molecule has 1 aliphatic heterocycles. The van der Waals surface area contributed by atoms with Crippen LogP contribution in [0, 0.1) is 0 Å². The van der Waals surface area contributed by atoms with E-state index in [0.717, 1.165) is 34.9 Å². The topological polar surface area (TPSA) is 75.9 Å². The number of rotatable bonds is 5. The average molecular weight is 397 g/mol. The van der Waals surface area contributed by atoms with Crippen LogP contribution in [-0.2, 0) is 11.3 Å². The van der Waals surface area contributed by atoms with Crippen LogP contribution in [0.5, 0.6) is 0 Å². The number of carbonyl (C=O) groups is 1. The lowest BCUT2D eigenvalue weighted by Crippen LogP contribution is -2.25. The van der Waals surface area contributed by atoms with Crippen molar-refractivity contribution in [2.24, 2.45) is 0 Å². The summed E-state index contributed by atoms with van der Waals surface area (Å²) in [5, 5.41) is 8.26. The number of amides is 1. The third-order valence-electron chi connectivity index (χ3n) is 4.97. The van der Waals surface area contributed by atoms with Gasteiger partial charge in [0.25, 0.3) is 0 Å². The number of nitrogens with one attached hydrogen (secondary N) is 1. The Labute approximate surface area is 168 Å². The van der Waals surface area contributed by atoms with Crippen molar-refractivity contribution in [2.75, 3.05) is 29.6 Å². The number of fused-ring (bicyclic) bond motifs is 1. The van der Waals surface area contributed by atoms with Crippen molar-refractivity contribution in [1.29, 1.82) is 0 Å². The smallest absolute Gasteiger partial charge is 0.246 e. The Balaban J connectivity index is 1.52. The molecule has 3 heterocycles. The molecular formula is C20H24N6OS. The van der Waals surface area contributed by atoms with Gasteiger partial charge in [0.05, 0.1) is 11.6 Å². The SMILES string of the molecule is CSc1cccc(NC(=O)Cn2ncc3c(N4CCCCCC4)ncnc32)c1. The molecule has 0 saturated carbocycles. The largest absolute Gasteiger partial charge is 0.356 e. The molecule has 28 heavy (non-hydrogen) atoms. The maximum Gasteiger partial charge on any atom is 0.246 e. The van der Waals surface area contributed by atoms with E-state index in [9.17, 15) is 4.79 Å². The minimum absolute atomic E-state index is 0.115. The molecule has 1 aromatic carbocycles. The Morgan fingerprint density at radius 2 is 2.00 bits per heavy atom.